The maximum absolute atomic E-state index is 6.24. The highest BCUT2D eigenvalue weighted by molar-refractivity contribution is 9.10. The summed E-state index contributed by atoms with van der Waals surface area (Å²) in [5.74, 6) is 1.73. The average molecular weight is 331 g/mol. The van der Waals surface area contributed by atoms with Crippen molar-refractivity contribution in [1.29, 1.82) is 0 Å². The molecule has 0 aliphatic heterocycles. The van der Waals surface area contributed by atoms with Gasteiger partial charge in [-0.3, -0.25) is 0 Å². The van der Waals surface area contributed by atoms with Crippen LogP contribution in [0.5, 0.6) is 0 Å². The van der Waals surface area contributed by atoms with E-state index in [-0.39, 0.29) is 0 Å². The van der Waals surface area contributed by atoms with Crippen molar-refractivity contribution in [3.05, 3.63) is 27.7 Å². The van der Waals surface area contributed by atoms with Crippen LogP contribution in [-0.4, -0.2) is 6.04 Å². The van der Waals surface area contributed by atoms with Crippen LogP contribution in [0.25, 0.3) is 0 Å². The SMILES string of the molecule is CC(C)C1CCC(Nc2ccc(Br)cc2Cl)CC1. The summed E-state index contributed by atoms with van der Waals surface area (Å²) in [5.41, 5.74) is 1.06. The maximum Gasteiger partial charge on any atom is 0.0648 e. The zero-order valence-corrected chi connectivity index (χ0v) is 13.4. The van der Waals surface area contributed by atoms with Crippen molar-refractivity contribution in [2.45, 2.75) is 45.6 Å². The molecule has 1 N–H and O–H groups in total. The molecule has 1 nitrogen and oxygen atoms in total. The predicted molar refractivity (Wildman–Crippen MR) is 83.4 cm³/mol. The molecule has 0 radical (unpaired) electrons. The molecule has 0 bridgehead atoms. The van der Waals surface area contributed by atoms with Crippen molar-refractivity contribution in [3.8, 4) is 0 Å². The van der Waals surface area contributed by atoms with E-state index in [4.69, 9.17) is 11.6 Å². The first-order valence-electron chi connectivity index (χ1n) is 6.78. The molecule has 1 aromatic carbocycles. The summed E-state index contributed by atoms with van der Waals surface area (Å²) in [7, 11) is 0. The van der Waals surface area contributed by atoms with Crippen LogP contribution in [0.2, 0.25) is 5.02 Å². The van der Waals surface area contributed by atoms with Crippen LogP contribution in [0.15, 0.2) is 22.7 Å². The van der Waals surface area contributed by atoms with Crippen LogP contribution in [0.3, 0.4) is 0 Å². The Kier molecular flexibility index (Phi) is 4.97. The third kappa shape index (κ3) is 3.64. The van der Waals surface area contributed by atoms with Gasteiger partial charge >= 0.3 is 0 Å². The molecule has 1 fully saturated rings. The molecule has 1 aliphatic rings. The van der Waals surface area contributed by atoms with E-state index in [1.54, 1.807) is 0 Å². The van der Waals surface area contributed by atoms with E-state index >= 15 is 0 Å². The zero-order valence-electron chi connectivity index (χ0n) is 11.0. The molecule has 100 valence electrons. The predicted octanol–water partition coefficient (Wildman–Crippen LogP) is 5.73. The van der Waals surface area contributed by atoms with Crippen LogP contribution in [0, 0.1) is 11.8 Å². The Hall–Kier alpha value is -0.210. The standard InChI is InChI=1S/C15H21BrClN/c1-10(2)11-3-6-13(7-4-11)18-15-8-5-12(16)9-14(15)17/h5,8-11,13,18H,3-4,6-7H2,1-2H3. The minimum absolute atomic E-state index is 0.582. The molecule has 1 aromatic rings. The van der Waals surface area contributed by atoms with Crippen LogP contribution in [-0.2, 0) is 0 Å². The first-order valence-corrected chi connectivity index (χ1v) is 7.95. The first kappa shape index (κ1) is 14.2. The Labute approximate surface area is 123 Å². The Bertz CT molecular complexity index is 397. The van der Waals surface area contributed by atoms with Crippen molar-refractivity contribution in [2.24, 2.45) is 11.8 Å². The fourth-order valence-corrected chi connectivity index (χ4v) is 3.48. The van der Waals surface area contributed by atoms with Crippen LogP contribution in [0.1, 0.15) is 39.5 Å². The highest BCUT2D eigenvalue weighted by Crippen LogP contribution is 2.33. The van der Waals surface area contributed by atoms with Gasteiger partial charge in [0, 0.05) is 10.5 Å². The van der Waals surface area contributed by atoms with Crippen LogP contribution in [0.4, 0.5) is 5.69 Å². The minimum atomic E-state index is 0.582. The van der Waals surface area contributed by atoms with Gasteiger partial charge < -0.3 is 5.32 Å². The molecule has 3 heteroatoms. The second kappa shape index (κ2) is 6.29. The summed E-state index contributed by atoms with van der Waals surface area (Å²) in [4.78, 5) is 0. The van der Waals surface area contributed by atoms with Gasteiger partial charge in [0.05, 0.1) is 10.7 Å². The van der Waals surface area contributed by atoms with Crippen molar-refractivity contribution in [3.63, 3.8) is 0 Å². The van der Waals surface area contributed by atoms with Gasteiger partial charge in [-0.1, -0.05) is 41.4 Å². The van der Waals surface area contributed by atoms with Crippen molar-refractivity contribution in [1.82, 2.24) is 0 Å². The van der Waals surface area contributed by atoms with E-state index in [1.165, 1.54) is 25.7 Å². The Morgan fingerprint density at radius 2 is 1.89 bits per heavy atom. The second-order valence-electron chi connectivity index (χ2n) is 5.62. The molecule has 0 atom stereocenters. The van der Waals surface area contributed by atoms with Gasteiger partial charge in [0.1, 0.15) is 0 Å². The Balaban J connectivity index is 1.91. The summed E-state index contributed by atoms with van der Waals surface area (Å²) >= 11 is 9.67. The summed E-state index contributed by atoms with van der Waals surface area (Å²) in [5, 5.41) is 4.38. The maximum atomic E-state index is 6.24. The molecule has 0 saturated heterocycles. The fourth-order valence-electron chi connectivity index (χ4n) is 2.76. The molecule has 0 unspecified atom stereocenters. The van der Waals surface area contributed by atoms with Gasteiger partial charge in [-0.05, 0) is 55.7 Å². The number of rotatable bonds is 3. The summed E-state index contributed by atoms with van der Waals surface area (Å²) in [6.45, 7) is 4.67. The molecular formula is C15H21BrClN. The van der Waals surface area contributed by atoms with Crippen molar-refractivity contribution >= 4 is 33.2 Å². The van der Waals surface area contributed by atoms with E-state index in [0.717, 1.165) is 27.0 Å². The molecule has 1 aliphatic carbocycles. The van der Waals surface area contributed by atoms with Crippen LogP contribution >= 0.6 is 27.5 Å². The van der Waals surface area contributed by atoms with E-state index in [0.29, 0.717) is 6.04 Å². The van der Waals surface area contributed by atoms with E-state index < -0.39 is 0 Å². The topological polar surface area (TPSA) is 12.0 Å². The quantitative estimate of drug-likeness (QED) is 0.746. The lowest BCUT2D eigenvalue weighted by atomic mass is 9.79. The lowest BCUT2D eigenvalue weighted by molar-refractivity contribution is 0.267. The molecule has 0 amide bonds. The molecule has 0 heterocycles. The number of benzene rings is 1. The van der Waals surface area contributed by atoms with Gasteiger partial charge in [0.25, 0.3) is 0 Å². The van der Waals surface area contributed by atoms with Gasteiger partial charge in [-0.25, -0.2) is 0 Å². The van der Waals surface area contributed by atoms with E-state index in [9.17, 15) is 0 Å². The smallest absolute Gasteiger partial charge is 0.0648 e. The van der Waals surface area contributed by atoms with Gasteiger partial charge in [-0.15, -0.1) is 0 Å². The number of anilines is 1. The molecule has 2 rings (SSSR count). The average Bonchev–Trinajstić information content (AvgIpc) is 2.33. The molecule has 0 aromatic heterocycles. The van der Waals surface area contributed by atoms with Crippen LogP contribution < -0.4 is 5.32 Å². The lowest BCUT2D eigenvalue weighted by Crippen LogP contribution is -2.28. The fraction of sp³-hybridized carbons (Fsp3) is 0.600. The summed E-state index contributed by atoms with van der Waals surface area (Å²) in [6.07, 6.45) is 5.19. The molecule has 18 heavy (non-hydrogen) atoms. The summed E-state index contributed by atoms with van der Waals surface area (Å²) in [6, 6.07) is 6.62. The normalized spacial score (nSPS) is 24.3. The molecule has 1 saturated carbocycles. The third-order valence-electron chi connectivity index (χ3n) is 4.01. The number of halogens is 2. The highest BCUT2D eigenvalue weighted by Gasteiger charge is 2.23. The first-order chi connectivity index (χ1) is 8.56. The Morgan fingerprint density at radius 3 is 2.44 bits per heavy atom. The largest absolute Gasteiger partial charge is 0.381 e. The summed E-state index contributed by atoms with van der Waals surface area (Å²) < 4.78 is 1.03. The number of hydrogen-bond acceptors (Lipinski definition) is 1. The van der Waals surface area contributed by atoms with Crippen molar-refractivity contribution < 1.29 is 0 Å². The molecule has 0 spiro atoms. The Morgan fingerprint density at radius 1 is 1.22 bits per heavy atom. The third-order valence-corrected chi connectivity index (χ3v) is 4.81. The number of nitrogens with one attached hydrogen (secondary N) is 1. The highest BCUT2D eigenvalue weighted by atomic mass is 79.9. The van der Waals surface area contributed by atoms with E-state index in [2.05, 4.69) is 41.2 Å². The monoisotopic (exact) mass is 329 g/mol. The lowest BCUT2D eigenvalue weighted by Gasteiger charge is -2.32. The van der Waals surface area contributed by atoms with Gasteiger partial charge in [0.2, 0.25) is 0 Å². The van der Waals surface area contributed by atoms with Gasteiger partial charge in [0.15, 0.2) is 0 Å². The zero-order chi connectivity index (χ0) is 13.1. The number of hydrogen-bond donors (Lipinski definition) is 1. The van der Waals surface area contributed by atoms with Gasteiger partial charge in [-0.2, -0.15) is 0 Å². The molecular weight excluding hydrogens is 310 g/mol. The van der Waals surface area contributed by atoms with Crippen molar-refractivity contribution in [2.75, 3.05) is 5.32 Å². The second-order valence-corrected chi connectivity index (χ2v) is 6.95. The minimum Gasteiger partial charge on any atom is -0.381 e. The van der Waals surface area contributed by atoms with E-state index in [1.807, 2.05) is 12.1 Å².